The molecule has 2 aliphatic rings. The fourth-order valence-electron chi connectivity index (χ4n) is 2.92. The first kappa shape index (κ1) is 15.9. The van der Waals surface area contributed by atoms with Gasteiger partial charge in [0.1, 0.15) is 0 Å². The Labute approximate surface area is 139 Å². The maximum absolute atomic E-state index is 12.2. The Kier molecular flexibility index (Phi) is 4.85. The van der Waals surface area contributed by atoms with Crippen molar-refractivity contribution in [1.82, 2.24) is 15.1 Å². The number of thioether (sulfide) groups is 1. The lowest BCUT2D eigenvalue weighted by Gasteiger charge is -2.22. The zero-order chi connectivity index (χ0) is 16.2. The summed E-state index contributed by atoms with van der Waals surface area (Å²) in [4.78, 5) is 38.6. The van der Waals surface area contributed by atoms with E-state index in [4.69, 9.17) is 0 Å². The number of rotatable bonds is 4. The molecule has 2 fully saturated rings. The number of nitrogens with one attached hydrogen (secondary N) is 1. The van der Waals surface area contributed by atoms with E-state index in [0.717, 1.165) is 18.2 Å². The first-order valence-electron chi connectivity index (χ1n) is 7.70. The number of carbonyl (C=O) groups excluding carboxylic acids is 3. The van der Waals surface area contributed by atoms with Crippen LogP contribution in [0.5, 0.6) is 0 Å². The largest absolute Gasteiger partial charge is 0.338 e. The minimum atomic E-state index is -0.189. The molecule has 1 N–H and O–H groups in total. The van der Waals surface area contributed by atoms with Crippen LogP contribution in [0.3, 0.4) is 0 Å². The van der Waals surface area contributed by atoms with E-state index in [1.54, 1.807) is 4.90 Å². The molecule has 0 radical (unpaired) electrons. The Balaban J connectivity index is 1.46. The van der Waals surface area contributed by atoms with Crippen molar-refractivity contribution in [2.24, 2.45) is 0 Å². The summed E-state index contributed by atoms with van der Waals surface area (Å²) in [6, 6.07) is 9.67. The van der Waals surface area contributed by atoms with Crippen molar-refractivity contribution in [3.63, 3.8) is 0 Å². The lowest BCUT2D eigenvalue weighted by Crippen LogP contribution is -2.44. The number of likely N-dealkylation sites (tertiary alicyclic amines) is 1. The molecule has 0 aromatic heterocycles. The van der Waals surface area contributed by atoms with E-state index >= 15 is 0 Å². The number of nitrogens with zero attached hydrogens (tertiary/aromatic N) is 2. The molecule has 1 aromatic carbocycles. The summed E-state index contributed by atoms with van der Waals surface area (Å²) >= 11 is 1.04. The van der Waals surface area contributed by atoms with Gasteiger partial charge in [0, 0.05) is 19.6 Å². The Morgan fingerprint density at radius 2 is 2.04 bits per heavy atom. The predicted octanol–water partition coefficient (Wildman–Crippen LogP) is 1.71. The second-order valence-electron chi connectivity index (χ2n) is 5.67. The SMILES string of the molecule is O=C(NCCc1ccccc1)N1CCC(N2C(=O)CSC2=O)C1. The van der Waals surface area contributed by atoms with Crippen molar-refractivity contribution in [2.45, 2.75) is 18.9 Å². The zero-order valence-corrected chi connectivity index (χ0v) is 13.6. The van der Waals surface area contributed by atoms with E-state index < -0.39 is 0 Å². The molecule has 2 heterocycles. The topological polar surface area (TPSA) is 69.7 Å². The van der Waals surface area contributed by atoms with Crippen molar-refractivity contribution in [1.29, 1.82) is 0 Å². The lowest BCUT2D eigenvalue weighted by atomic mass is 10.1. The number of urea groups is 1. The van der Waals surface area contributed by atoms with Crippen molar-refractivity contribution >= 4 is 28.9 Å². The van der Waals surface area contributed by atoms with Crippen LogP contribution in [-0.2, 0) is 11.2 Å². The molecule has 1 atom stereocenters. The lowest BCUT2D eigenvalue weighted by molar-refractivity contribution is -0.126. The maximum Gasteiger partial charge on any atom is 0.317 e. The van der Waals surface area contributed by atoms with Crippen molar-refractivity contribution in [2.75, 3.05) is 25.4 Å². The van der Waals surface area contributed by atoms with Crippen LogP contribution in [0, 0.1) is 0 Å². The molecule has 1 aromatic rings. The zero-order valence-electron chi connectivity index (χ0n) is 12.7. The van der Waals surface area contributed by atoms with Crippen molar-refractivity contribution in [3.8, 4) is 0 Å². The Morgan fingerprint density at radius 1 is 1.26 bits per heavy atom. The fourth-order valence-corrected chi connectivity index (χ4v) is 3.70. The highest BCUT2D eigenvalue weighted by Gasteiger charge is 2.40. The highest BCUT2D eigenvalue weighted by atomic mass is 32.2. The molecule has 7 heteroatoms. The smallest absolute Gasteiger partial charge is 0.317 e. The van der Waals surface area contributed by atoms with Gasteiger partial charge < -0.3 is 10.2 Å². The van der Waals surface area contributed by atoms with E-state index in [0.29, 0.717) is 26.1 Å². The minimum Gasteiger partial charge on any atom is -0.338 e. The summed E-state index contributed by atoms with van der Waals surface area (Å²) in [6.07, 6.45) is 1.44. The summed E-state index contributed by atoms with van der Waals surface area (Å²) in [5, 5.41) is 2.71. The van der Waals surface area contributed by atoms with Gasteiger partial charge >= 0.3 is 6.03 Å². The van der Waals surface area contributed by atoms with Crippen molar-refractivity contribution < 1.29 is 14.4 Å². The molecule has 2 aliphatic heterocycles. The second kappa shape index (κ2) is 7.04. The van der Waals surface area contributed by atoms with Crippen LogP contribution in [-0.4, -0.2) is 58.4 Å². The molecule has 0 saturated carbocycles. The average Bonchev–Trinajstić information content (AvgIpc) is 3.15. The quantitative estimate of drug-likeness (QED) is 0.911. The van der Waals surface area contributed by atoms with Crippen LogP contribution in [0.4, 0.5) is 9.59 Å². The molecule has 1 unspecified atom stereocenters. The number of amides is 4. The van der Waals surface area contributed by atoms with Gasteiger partial charge in [-0.05, 0) is 18.4 Å². The third kappa shape index (κ3) is 3.67. The number of imide groups is 1. The fraction of sp³-hybridized carbons (Fsp3) is 0.438. The highest BCUT2D eigenvalue weighted by molar-refractivity contribution is 8.14. The van der Waals surface area contributed by atoms with E-state index in [1.165, 1.54) is 10.5 Å². The van der Waals surface area contributed by atoms with Crippen LogP contribution in [0.15, 0.2) is 30.3 Å². The summed E-state index contributed by atoms with van der Waals surface area (Å²) in [5.41, 5.74) is 1.18. The van der Waals surface area contributed by atoms with Gasteiger partial charge in [-0.15, -0.1) is 0 Å². The molecule has 23 heavy (non-hydrogen) atoms. The number of carbonyl (C=O) groups is 3. The summed E-state index contributed by atoms with van der Waals surface area (Å²) < 4.78 is 0. The minimum absolute atomic E-state index is 0.129. The number of hydrogen-bond acceptors (Lipinski definition) is 4. The van der Waals surface area contributed by atoms with Crippen LogP contribution in [0.25, 0.3) is 0 Å². The first-order chi connectivity index (χ1) is 11.1. The van der Waals surface area contributed by atoms with Gasteiger partial charge in [-0.2, -0.15) is 0 Å². The molecule has 4 amide bonds. The highest BCUT2D eigenvalue weighted by Crippen LogP contribution is 2.26. The van der Waals surface area contributed by atoms with Gasteiger partial charge in [-0.3, -0.25) is 14.5 Å². The predicted molar refractivity (Wildman–Crippen MR) is 88.2 cm³/mol. The van der Waals surface area contributed by atoms with Gasteiger partial charge in [-0.1, -0.05) is 42.1 Å². The summed E-state index contributed by atoms with van der Waals surface area (Å²) in [7, 11) is 0. The van der Waals surface area contributed by atoms with Crippen LogP contribution in [0.2, 0.25) is 0 Å². The van der Waals surface area contributed by atoms with Gasteiger partial charge in [0.05, 0.1) is 11.8 Å². The molecule has 6 nitrogen and oxygen atoms in total. The third-order valence-electron chi connectivity index (χ3n) is 4.13. The van der Waals surface area contributed by atoms with E-state index in [-0.39, 0.29) is 29.0 Å². The Bertz CT molecular complexity index is 592. The molecule has 2 saturated heterocycles. The Hall–Kier alpha value is -2.02. The van der Waals surface area contributed by atoms with Gasteiger partial charge in [0.15, 0.2) is 0 Å². The van der Waals surface area contributed by atoms with E-state index in [9.17, 15) is 14.4 Å². The number of hydrogen-bond donors (Lipinski definition) is 1. The normalized spacial score (nSPS) is 21.1. The van der Waals surface area contributed by atoms with E-state index in [1.807, 2.05) is 30.3 Å². The molecule has 0 bridgehead atoms. The maximum atomic E-state index is 12.2. The van der Waals surface area contributed by atoms with Crippen LogP contribution < -0.4 is 5.32 Å². The standard InChI is InChI=1S/C16H19N3O3S/c20-14-11-23-16(22)19(14)13-7-9-18(10-13)15(21)17-8-6-12-4-2-1-3-5-12/h1-5,13H,6-11H2,(H,17,21). The average molecular weight is 333 g/mol. The molecule has 0 spiro atoms. The molecular formula is C16H19N3O3S. The monoisotopic (exact) mass is 333 g/mol. The van der Waals surface area contributed by atoms with Gasteiger partial charge in [0.25, 0.3) is 5.24 Å². The first-order valence-corrected chi connectivity index (χ1v) is 8.69. The summed E-state index contributed by atoms with van der Waals surface area (Å²) in [5.74, 6) is 0.0786. The van der Waals surface area contributed by atoms with Gasteiger partial charge in [-0.25, -0.2) is 4.79 Å². The molecule has 3 rings (SSSR count). The molecule has 122 valence electrons. The Morgan fingerprint density at radius 3 is 2.74 bits per heavy atom. The summed E-state index contributed by atoms with van der Waals surface area (Å²) in [6.45, 7) is 1.57. The second-order valence-corrected chi connectivity index (χ2v) is 6.60. The number of benzene rings is 1. The molecule has 0 aliphatic carbocycles. The molecular weight excluding hydrogens is 314 g/mol. The van der Waals surface area contributed by atoms with Crippen molar-refractivity contribution in [3.05, 3.63) is 35.9 Å². The third-order valence-corrected chi connectivity index (χ3v) is 4.97. The van der Waals surface area contributed by atoms with Gasteiger partial charge in [0.2, 0.25) is 5.91 Å². The van der Waals surface area contributed by atoms with E-state index in [2.05, 4.69) is 5.32 Å². The van der Waals surface area contributed by atoms with Crippen LogP contribution in [0.1, 0.15) is 12.0 Å². The van der Waals surface area contributed by atoms with Crippen LogP contribution >= 0.6 is 11.8 Å².